The molecule has 1 aliphatic rings. The van der Waals surface area contributed by atoms with Crippen LogP contribution >= 0.6 is 11.6 Å². The minimum absolute atomic E-state index is 0.0229. The van der Waals surface area contributed by atoms with E-state index in [2.05, 4.69) is 25.2 Å². The summed E-state index contributed by atoms with van der Waals surface area (Å²) in [5, 5.41) is 11.8. The van der Waals surface area contributed by atoms with E-state index in [1.54, 1.807) is 0 Å². The summed E-state index contributed by atoms with van der Waals surface area (Å²) in [6, 6.07) is 0. The Morgan fingerprint density at radius 2 is 1.96 bits per heavy atom. The van der Waals surface area contributed by atoms with Crippen LogP contribution in [0.2, 0.25) is 5.15 Å². The second-order valence-corrected chi connectivity index (χ2v) is 6.49. The average molecular weight is 385 g/mol. The lowest BCUT2D eigenvalue weighted by Crippen LogP contribution is -2.38. The molecule has 1 amide bonds. The van der Waals surface area contributed by atoms with Gasteiger partial charge in [0.05, 0.1) is 6.10 Å². The van der Waals surface area contributed by atoms with Gasteiger partial charge >= 0.3 is 0 Å². The minimum atomic E-state index is -0.648. The third kappa shape index (κ3) is 5.97. The van der Waals surface area contributed by atoms with E-state index in [9.17, 15) is 9.90 Å². The van der Waals surface area contributed by atoms with E-state index < -0.39 is 5.91 Å². The van der Waals surface area contributed by atoms with Crippen molar-refractivity contribution in [1.29, 1.82) is 0 Å². The van der Waals surface area contributed by atoms with Gasteiger partial charge in [-0.15, -0.1) is 0 Å². The molecule has 1 saturated heterocycles. The minimum Gasteiger partial charge on any atom is -0.393 e. The van der Waals surface area contributed by atoms with Gasteiger partial charge in [0.15, 0.2) is 28.4 Å². The molecule has 144 valence electrons. The zero-order valence-electron chi connectivity index (χ0n) is 14.5. The number of carbonyl (C=O) groups excluding carboxylic acids is 1. The van der Waals surface area contributed by atoms with Crippen LogP contribution < -0.4 is 22.5 Å². The first kappa shape index (κ1) is 20.1. The number of likely N-dealkylation sites (tertiary alicyclic amines) is 1. The number of aliphatic hydroxyl groups is 1. The predicted octanol–water partition coefficient (Wildman–Crippen LogP) is -0.424. The Kier molecular flexibility index (Phi) is 7.37. The first-order valence-electron chi connectivity index (χ1n) is 8.47. The Bertz CT molecular complexity index is 661. The molecule has 26 heavy (non-hydrogen) atoms. The number of nitrogens with one attached hydrogen (secondary N) is 1. The van der Waals surface area contributed by atoms with Crippen LogP contribution in [-0.4, -0.2) is 64.1 Å². The largest absolute Gasteiger partial charge is 0.393 e. The number of aliphatic hydroxyl groups excluding tert-OH is 1. The van der Waals surface area contributed by atoms with E-state index in [1.165, 1.54) is 0 Å². The fourth-order valence-corrected chi connectivity index (χ4v) is 2.74. The monoisotopic (exact) mass is 384 g/mol. The summed E-state index contributed by atoms with van der Waals surface area (Å²) in [7, 11) is 0. The zero-order valence-corrected chi connectivity index (χ0v) is 15.2. The van der Waals surface area contributed by atoms with E-state index in [4.69, 9.17) is 28.8 Å². The number of nitrogens with zero attached hydrogens (tertiary/aromatic N) is 4. The molecule has 1 aromatic heterocycles. The number of anilines is 2. The Morgan fingerprint density at radius 1 is 1.27 bits per heavy atom. The summed E-state index contributed by atoms with van der Waals surface area (Å²) in [5.41, 5.74) is 16.6. The lowest BCUT2D eigenvalue weighted by molar-refractivity contribution is 0.0819. The SMILES string of the molecule is NC(=NCCCCN1CCC(O)CC1)NC(=O)c1nc(Cl)c(N)nc1N. The number of nitrogens with two attached hydrogens (primary N) is 3. The molecule has 11 heteroatoms. The number of amides is 1. The third-order valence-corrected chi connectivity index (χ3v) is 4.36. The molecule has 0 unspecified atom stereocenters. The van der Waals surface area contributed by atoms with Gasteiger partial charge in [-0.2, -0.15) is 0 Å². The Morgan fingerprint density at radius 3 is 2.65 bits per heavy atom. The van der Waals surface area contributed by atoms with Gasteiger partial charge in [0.1, 0.15) is 0 Å². The summed E-state index contributed by atoms with van der Waals surface area (Å²) in [6.07, 6.45) is 3.31. The van der Waals surface area contributed by atoms with Crippen molar-refractivity contribution in [3.63, 3.8) is 0 Å². The molecule has 0 aliphatic carbocycles. The summed E-state index contributed by atoms with van der Waals surface area (Å²) in [4.78, 5) is 26.1. The lowest BCUT2D eigenvalue weighted by Gasteiger charge is -2.29. The highest BCUT2D eigenvalue weighted by Gasteiger charge is 2.17. The number of carbonyl (C=O) groups is 1. The third-order valence-electron chi connectivity index (χ3n) is 4.08. The van der Waals surface area contributed by atoms with Crippen LogP contribution in [0.4, 0.5) is 11.6 Å². The maximum absolute atomic E-state index is 12.1. The van der Waals surface area contributed by atoms with Crippen LogP contribution in [0, 0.1) is 0 Å². The number of unbranched alkanes of at least 4 members (excludes halogenated alkanes) is 1. The van der Waals surface area contributed by atoms with E-state index >= 15 is 0 Å². The molecule has 2 heterocycles. The molecular formula is C15H25ClN8O2. The zero-order chi connectivity index (χ0) is 19.1. The number of guanidine groups is 1. The second kappa shape index (κ2) is 9.51. The molecule has 0 bridgehead atoms. The molecule has 8 N–H and O–H groups in total. The van der Waals surface area contributed by atoms with E-state index in [1.807, 2.05) is 0 Å². The van der Waals surface area contributed by atoms with Crippen LogP contribution in [-0.2, 0) is 0 Å². The molecule has 2 rings (SSSR count). The molecule has 1 aliphatic heterocycles. The smallest absolute Gasteiger partial charge is 0.280 e. The molecule has 1 fully saturated rings. The second-order valence-electron chi connectivity index (χ2n) is 6.13. The number of piperidine rings is 1. The van der Waals surface area contributed by atoms with Crippen molar-refractivity contribution < 1.29 is 9.90 Å². The van der Waals surface area contributed by atoms with Gasteiger partial charge in [0.2, 0.25) is 0 Å². The number of aliphatic imine (C=N–C) groups is 1. The number of aromatic nitrogens is 2. The number of rotatable bonds is 6. The summed E-state index contributed by atoms with van der Waals surface area (Å²) < 4.78 is 0. The number of hydrogen-bond acceptors (Lipinski definition) is 8. The van der Waals surface area contributed by atoms with Crippen LogP contribution in [0.1, 0.15) is 36.2 Å². The van der Waals surface area contributed by atoms with Crippen molar-refractivity contribution in [2.75, 3.05) is 37.6 Å². The van der Waals surface area contributed by atoms with Crippen molar-refractivity contribution in [1.82, 2.24) is 20.2 Å². The summed E-state index contributed by atoms with van der Waals surface area (Å²) in [6.45, 7) is 3.31. The Labute approximate surface area is 156 Å². The van der Waals surface area contributed by atoms with Crippen LogP contribution in [0.15, 0.2) is 4.99 Å². The quantitative estimate of drug-likeness (QED) is 0.250. The van der Waals surface area contributed by atoms with Crippen molar-refractivity contribution in [3.8, 4) is 0 Å². The van der Waals surface area contributed by atoms with E-state index in [0.717, 1.165) is 45.3 Å². The molecule has 10 nitrogen and oxygen atoms in total. The van der Waals surface area contributed by atoms with E-state index in [-0.39, 0.29) is 34.5 Å². The molecule has 0 aromatic carbocycles. The van der Waals surface area contributed by atoms with Gasteiger partial charge in [-0.1, -0.05) is 11.6 Å². The van der Waals surface area contributed by atoms with Crippen molar-refractivity contribution in [2.45, 2.75) is 31.8 Å². The molecule has 0 spiro atoms. The number of halogens is 1. The van der Waals surface area contributed by atoms with Crippen molar-refractivity contribution >= 4 is 35.1 Å². The maximum atomic E-state index is 12.1. The standard InChI is InChI=1S/C15H25ClN8O2/c16-11-13(18)22-12(17)10(21-11)14(26)23-15(19)20-5-1-2-6-24-7-3-9(25)4-8-24/h9,25H,1-8H2,(H4,17,18,22)(H3,19,20,23,26). The van der Waals surface area contributed by atoms with Gasteiger partial charge in [-0.3, -0.25) is 15.1 Å². The molecule has 1 aromatic rings. The highest BCUT2D eigenvalue weighted by molar-refractivity contribution is 6.31. The van der Waals surface area contributed by atoms with E-state index in [0.29, 0.717) is 6.54 Å². The Balaban J connectivity index is 1.72. The lowest BCUT2D eigenvalue weighted by atomic mass is 10.1. The molecule has 0 atom stereocenters. The average Bonchev–Trinajstić information content (AvgIpc) is 2.59. The summed E-state index contributed by atoms with van der Waals surface area (Å²) >= 11 is 5.74. The highest BCUT2D eigenvalue weighted by atomic mass is 35.5. The molecule has 0 saturated carbocycles. The molecule has 0 radical (unpaired) electrons. The predicted molar refractivity (Wildman–Crippen MR) is 101 cm³/mol. The number of hydrogen-bond donors (Lipinski definition) is 5. The molecular weight excluding hydrogens is 360 g/mol. The first-order chi connectivity index (χ1) is 12.4. The van der Waals surface area contributed by atoms with Crippen LogP contribution in [0.3, 0.4) is 0 Å². The van der Waals surface area contributed by atoms with Gasteiger partial charge in [0, 0.05) is 19.6 Å². The normalized spacial score (nSPS) is 16.6. The first-order valence-corrected chi connectivity index (χ1v) is 8.84. The van der Waals surface area contributed by atoms with Gasteiger partial charge < -0.3 is 27.2 Å². The van der Waals surface area contributed by atoms with Crippen LogP contribution in [0.25, 0.3) is 0 Å². The maximum Gasteiger partial charge on any atom is 0.280 e. The van der Waals surface area contributed by atoms with Crippen molar-refractivity contribution in [3.05, 3.63) is 10.8 Å². The Hall–Kier alpha value is -2.17. The van der Waals surface area contributed by atoms with Crippen LogP contribution in [0.5, 0.6) is 0 Å². The number of nitrogen functional groups attached to an aromatic ring is 2. The highest BCUT2D eigenvalue weighted by Crippen LogP contribution is 2.17. The van der Waals surface area contributed by atoms with Gasteiger partial charge in [-0.05, 0) is 32.2 Å². The fourth-order valence-electron chi connectivity index (χ4n) is 2.61. The van der Waals surface area contributed by atoms with Gasteiger partial charge in [0.25, 0.3) is 5.91 Å². The fraction of sp³-hybridized carbons (Fsp3) is 0.600. The topological polar surface area (TPSA) is 169 Å². The summed E-state index contributed by atoms with van der Waals surface area (Å²) in [5.74, 6) is -0.857. The van der Waals surface area contributed by atoms with Crippen molar-refractivity contribution in [2.24, 2.45) is 10.7 Å². The van der Waals surface area contributed by atoms with Gasteiger partial charge in [-0.25, -0.2) is 9.97 Å².